The van der Waals surface area contributed by atoms with Crippen LogP contribution in [0.2, 0.25) is 0 Å². The minimum Gasteiger partial charge on any atom is -0.321 e. The van der Waals surface area contributed by atoms with Gasteiger partial charge in [-0.25, -0.2) is 0 Å². The van der Waals surface area contributed by atoms with E-state index in [0.29, 0.717) is 16.7 Å². The van der Waals surface area contributed by atoms with Gasteiger partial charge in [-0.15, -0.1) is 0 Å². The Morgan fingerprint density at radius 3 is 2.12 bits per heavy atom. The molecule has 0 aliphatic carbocycles. The number of rotatable bonds is 3. The highest BCUT2D eigenvalue weighted by molar-refractivity contribution is 6.00. The molecular formula is C11H14N2O3. The van der Waals surface area contributed by atoms with Crippen molar-refractivity contribution in [2.24, 2.45) is 5.73 Å². The third-order valence-electron chi connectivity index (χ3n) is 2.37. The van der Waals surface area contributed by atoms with Gasteiger partial charge < -0.3 is 5.73 Å². The first-order chi connectivity index (χ1) is 7.34. The number of carbonyl (C=O) groups is 1. The van der Waals surface area contributed by atoms with Crippen LogP contribution in [0.5, 0.6) is 0 Å². The summed E-state index contributed by atoms with van der Waals surface area (Å²) < 4.78 is 0. The molecule has 0 fully saturated rings. The lowest BCUT2D eigenvalue weighted by Gasteiger charge is -2.07. The second-order valence-corrected chi connectivity index (χ2v) is 3.87. The maximum atomic E-state index is 11.6. The number of hydrogen-bond donors (Lipinski definition) is 1. The van der Waals surface area contributed by atoms with Crippen LogP contribution in [0.4, 0.5) is 5.69 Å². The lowest BCUT2D eigenvalue weighted by Crippen LogP contribution is -2.26. The Balaban J connectivity index is 3.30. The molecule has 5 heteroatoms. The standard InChI is InChI=1S/C11H14N2O3/c1-6-4-9(11(14)8(3)12)5-7(2)10(6)13(15)16/h4-5,8H,12H2,1-3H3. The monoisotopic (exact) mass is 222 g/mol. The number of nitrogens with two attached hydrogens (primary N) is 1. The summed E-state index contributed by atoms with van der Waals surface area (Å²) in [5.41, 5.74) is 6.93. The van der Waals surface area contributed by atoms with Crippen LogP contribution in [0, 0.1) is 24.0 Å². The van der Waals surface area contributed by atoms with Crippen molar-refractivity contribution in [1.82, 2.24) is 0 Å². The van der Waals surface area contributed by atoms with Crippen molar-refractivity contribution in [2.75, 3.05) is 0 Å². The maximum Gasteiger partial charge on any atom is 0.275 e. The molecule has 0 heterocycles. The molecular weight excluding hydrogens is 208 g/mol. The van der Waals surface area contributed by atoms with Crippen LogP contribution < -0.4 is 5.73 Å². The van der Waals surface area contributed by atoms with Crippen LogP contribution >= 0.6 is 0 Å². The van der Waals surface area contributed by atoms with Gasteiger partial charge in [0.1, 0.15) is 0 Å². The smallest absolute Gasteiger partial charge is 0.275 e. The van der Waals surface area contributed by atoms with Crippen molar-refractivity contribution < 1.29 is 9.72 Å². The summed E-state index contributed by atoms with van der Waals surface area (Å²) in [6.45, 7) is 4.82. The van der Waals surface area contributed by atoms with Gasteiger partial charge in [-0.05, 0) is 32.9 Å². The first kappa shape index (κ1) is 12.3. The van der Waals surface area contributed by atoms with E-state index in [2.05, 4.69) is 0 Å². The van der Waals surface area contributed by atoms with E-state index in [-0.39, 0.29) is 11.5 Å². The van der Waals surface area contributed by atoms with Gasteiger partial charge in [-0.1, -0.05) is 0 Å². The fourth-order valence-electron chi connectivity index (χ4n) is 1.65. The number of nitro benzene ring substituents is 1. The molecule has 0 aromatic heterocycles. The van der Waals surface area contributed by atoms with E-state index in [1.807, 2.05) is 0 Å². The Bertz CT molecular complexity index is 430. The first-order valence-electron chi connectivity index (χ1n) is 4.90. The lowest BCUT2D eigenvalue weighted by molar-refractivity contribution is -0.386. The highest BCUT2D eigenvalue weighted by Gasteiger charge is 2.19. The van der Waals surface area contributed by atoms with Crippen molar-refractivity contribution in [2.45, 2.75) is 26.8 Å². The summed E-state index contributed by atoms with van der Waals surface area (Å²) in [4.78, 5) is 21.9. The molecule has 5 nitrogen and oxygen atoms in total. The maximum absolute atomic E-state index is 11.6. The van der Waals surface area contributed by atoms with E-state index in [1.54, 1.807) is 20.8 Å². The van der Waals surface area contributed by atoms with Gasteiger partial charge in [0.15, 0.2) is 5.78 Å². The summed E-state index contributed by atoms with van der Waals surface area (Å²) in [5.74, 6) is -0.207. The fourth-order valence-corrected chi connectivity index (χ4v) is 1.65. The molecule has 1 unspecified atom stereocenters. The summed E-state index contributed by atoms with van der Waals surface area (Å²) in [5, 5.41) is 10.8. The van der Waals surface area contributed by atoms with E-state index in [0.717, 1.165) is 0 Å². The number of nitrogens with zero attached hydrogens (tertiary/aromatic N) is 1. The Kier molecular flexibility index (Phi) is 3.39. The molecule has 1 rings (SSSR count). The molecule has 0 saturated carbocycles. The quantitative estimate of drug-likeness (QED) is 0.479. The average Bonchev–Trinajstić information content (AvgIpc) is 2.14. The summed E-state index contributed by atoms with van der Waals surface area (Å²) in [6.07, 6.45) is 0. The second kappa shape index (κ2) is 4.40. The largest absolute Gasteiger partial charge is 0.321 e. The molecule has 1 aromatic carbocycles. The number of nitro groups is 1. The van der Waals surface area contributed by atoms with Gasteiger partial charge in [-0.2, -0.15) is 0 Å². The molecule has 0 aliphatic rings. The van der Waals surface area contributed by atoms with Crippen molar-refractivity contribution in [3.05, 3.63) is 38.9 Å². The zero-order valence-electron chi connectivity index (χ0n) is 9.48. The summed E-state index contributed by atoms with van der Waals surface area (Å²) in [6, 6.07) is 2.42. The third kappa shape index (κ3) is 2.25. The Morgan fingerprint density at radius 1 is 1.38 bits per heavy atom. The van der Waals surface area contributed by atoms with Crippen molar-refractivity contribution in [3.63, 3.8) is 0 Å². The van der Waals surface area contributed by atoms with Crippen LogP contribution in [-0.4, -0.2) is 16.7 Å². The molecule has 2 N–H and O–H groups in total. The summed E-state index contributed by atoms with van der Waals surface area (Å²) >= 11 is 0. The zero-order valence-corrected chi connectivity index (χ0v) is 9.48. The molecule has 0 aliphatic heterocycles. The third-order valence-corrected chi connectivity index (χ3v) is 2.37. The van der Waals surface area contributed by atoms with Crippen LogP contribution in [0.25, 0.3) is 0 Å². The molecule has 16 heavy (non-hydrogen) atoms. The number of hydrogen-bond acceptors (Lipinski definition) is 4. The van der Waals surface area contributed by atoms with Crippen LogP contribution in [0.15, 0.2) is 12.1 Å². The minimum absolute atomic E-state index is 0.0567. The topological polar surface area (TPSA) is 86.2 Å². The van der Waals surface area contributed by atoms with E-state index in [4.69, 9.17) is 5.73 Å². The zero-order chi connectivity index (χ0) is 12.5. The molecule has 0 bridgehead atoms. The fraction of sp³-hybridized carbons (Fsp3) is 0.364. The van der Waals surface area contributed by atoms with Crippen LogP contribution in [0.3, 0.4) is 0 Å². The number of aryl methyl sites for hydroxylation is 2. The number of carbonyl (C=O) groups excluding carboxylic acids is 1. The number of Topliss-reactive ketones (excluding diaryl/α,β-unsaturated/α-hetero) is 1. The minimum atomic E-state index is -0.597. The molecule has 0 radical (unpaired) electrons. The Labute approximate surface area is 93.4 Å². The van der Waals surface area contributed by atoms with Gasteiger partial charge in [-0.3, -0.25) is 14.9 Å². The van der Waals surface area contributed by atoms with Crippen LogP contribution in [-0.2, 0) is 0 Å². The number of benzene rings is 1. The molecule has 86 valence electrons. The predicted molar refractivity (Wildman–Crippen MR) is 60.6 cm³/mol. The molecule has 0 spiro atoms. The van der Waals surface area contributed by atoms with Gasteiger partial charge >= 0.3 is 0 Å². The lowest BCUT2D eigenvalue weighted by atomic mass is 9.99. The van der Waals surface area contributed by atoms with Crippen molar-refractivity contribution in [3.8, 4) is 0 Å². The van der Waals surface area contributed by atoms with E-state index < -0.39 is 11.0 Å². The molecule has 0 saturated heterocycles. The second-order valence-electron chi connectivity index (χ2n) is 3.87. The average molecular weight is 222 g/mol. The van der Waals surface area contributed by atoms with Crippen molar-refractivity contribution in [1.29, 1.82) is 0 Å². The van der Waals surface area contributed by atoms with Crippen LogP contribution in [0.1, 0.15) is 28.4 Å². The van der Waals surface area contributed by atoms with Gasteiger partial charge in [0.2, 0.25) is 0 Å². The SMILES string of the molecule is Cc1cc(C(=O)C(C)N)cc(C)c1[N+](=O)[O-]. The summed E-state index contributed by atoms with van der Waals surface area (Å²) in [7, 11) is 0. The van der Waals surface area contributed by atoms with E-state index in [9.17, 15) is 14.9 Å². The first-order valence-corrected chi connectivity index (χ1v) is 4.90. The van der Waals surface area contributed by atoms with E-state index >= 15 is 0 Å². The van der Waals surface area contributed by atoms with Gasteiger partial charge in [0.05, 0.1) is 11.0 Å². The molecule has 0 amide bonds. The molecule has 1 aromatic rings. The van der Waals surface area contributed by atoms with E-state index in [1.165, 1.54) is 12.1 Å². The van der Waals surface area contributed by atoms with Crippen molar-refractivity contribution >= 4 is 11.5 Å². The van der Waals surface area contributed by atoms with Gasteiger partial charge in [0, 0.05) is 16.7 Å². The Morgan fingerprint density at radius 2 is 1.81 bits per heavy atom. The Hall–Kier alpha value is -1.75. The highest BCUT2D eigenvalue weighted by Crippen LogP contribution is 2.24. The predicted octanol–water partition coefficient (Wildman–Crippen LogP) is 1.74. The number of ketones is 1. The normalized spacial score (nSPS) is 12.2. The molecule has 1 atom stereocenters. The van der Waals surface area contributed by atoms with Gasteiger partial charge in [0.25, 0.3) is 5.69 Å². The highest BCUT2D eigenvalue weighted by atomic mass is 16.6.